The molecule has 2 rings (SSSR count). The fourth-order valence-corrected chi connectivity index (χ4v) is 2.60. The van der Waals surface area contributed by atoms with Gasteiger partial charge in [-0.1, -0.05) is 25.7 Å². The van der Waals surface area contributed by atoms with E-state index in [1.54, 1.807) is 6.08 Å². The summed E-state index contributed by atoms with van der Waals surface area (Å²) in [5.41, 5.74) is -1.86. The van der Waals surface area contributed by atoms with Gasteiger partial charge in [-0.2, -0.15) is 5.06 Å². The molecule has 20 heavy (non-hydrogen) atoms. The number of aliphatic hydroxyl groups excluding tert-OH is 1. The molecule has 1 heterocycles. The number of Topliss-reactive ketones (excluding diaryl/α,β-unsaturated/α-hetero) is 1. The van der Waals surface area contributed by atoms with Crippen molar-refractivity contribution in [1.29, 1.82) is 0 Å². The lowest BCUT2D eigenvalue weighted by atomic mass is 9.68. The van der Waals surface area contributed by atoms with Crippen LogP contribution < -0.4 is 0 Å². The minimum absolute atomic E-state index is 0.193. The standard InChI is InChI=1S/C14H15NO5/c1-4-5-9-6-7-10(16)12(18)14(9)11(17)8(2)15(20-3)13(14)19/h5-7,12,18H,2,4H2,1,3H3. The van der Waals surface area contributed by atoms with Gasteiger partial charge in [0.25, 0.3) is 5.91 Å². The van der Waals surface area contributed by atoms with Gasteiger partial charge in [0.05, 0.1) is 7.11 Å². The molecule has 1 saturated heterocycles. The van der Waals surface area contributed by atoms with Crippen molar-refractivity contribution in [2.24, 2.45) is 5.41 Å². The SMILES string of the molecule is C=C1C(=O)C2(C(=O)N1OC)C(=CCC)C=CC(=O)C2O. The van der Waals surface area contributed by atoms with Gasteiger partial charge in [-0.3, -0.25) is 19.2 Å². The van der Waals surface area contributed by atoms with Crippen molar-refractivity contribution in [2.45, 2.75) is 19.4 Å². The Hall–Kier alpha value is -2.05. The topological polar surface area (TPSA) is 83.9 Å². The quantitative estimate of drug-likeness (QED) is 0.579. The minimum Gasteiger partial charge on any atom is -0.383 e. The van der Waals surface area contributed by atoms with Crippen molar-refractivity contribution in [2.75, 3.05) is 7.11 Å². The van der Waals surface area contributed by atoms with Gasteiger partial charge in [-0.15, -0.1) is 0 Å². The molecule has 1 spiro atoms. The summed E-state index contributed by atoms with van der Waals surface area (Å²) >= 11 is 0. The maximum absolute atomic E-state index is 12.5. The lowest BCUT2D eigenvalue weighted by Gasteiger charge is -2.32. The Labute approximate surface area is 116 Å². The van der Waals surface area contributed by atoms with Crippen LogP contribution in [0, 0.1) is 5.41 Å². The predicted octanol–water partition coefficient (Wildman–Crippen LogP) is 0.295. The molecule has 2 atom stereocenters. The van der Waals surface area contributed by atoms with E-state index in [4.69, 9.17) is 4.84 Å². The van der Waals surface area contributed by atoms with E-state index in [0.717, 1.165) is 11.1 Å². The first-order valence-electron chi connectivity index (χ1n) is 6.15. The average Bonchev–Trinajstić information content (AvgIpc) is 2.61. The molecule has 0 aromatic carbocycles. The Balaban J connectivity index is 2.72. The van der Waals surface area contributed by atoms with E-state index in [1.165, 1.54) is 13.2 Å². The van der Waals surface area contributed by atoms with E-state index in [-0.39, 0.29) is 5.70 Å². The molecule has 0 radical (unpaired) electrons. The molecule has 0 aromatic rings. The summed E-state index contributed by atoms with van der Waals surface area (Å²) in [6.07, 6.45) is 2.97. The third kappa shape index (κ3) is 1.55. The Kier molecular flexibility index (Phi) is 3.45. The Morgan fingerprint density at radius 3 is 2.60 bits per heavy atom. The molecule has 6 nitrogen and oxygen atoms in total. The number of nitrogens with zero attached hydrogens (tertiary/aromatic N) is 1. The number of amides is 1. The molecule has 2 unspecified atom stereocenters. The molecular weight excluding hydrogens is 262 g/mol. The van der Waals surface area contributed by atoms with E-state index in [0.29, 0.717) is 12.0 Å². The number of hydrogen-bond acceptors (Lipinski definition) is 5. The van der Waals surface area contributed by atoms with Crippen LogP contribution in [-0.4, -0.2) is 40.9 Å². The molecule has 1 fully saturated rings. The van der Waals surface area contributed by atoms with Crippen LogP contribution in [0.25, 0.3) is 0 Å². The zero-order chi connectivity index (χ0) is 15.1. The van der Waals surface area contributed by atoms with E-state index in [9.17, 15) is 19.5 Å². The predicted molar refractivity (Wildman–Crippen MR) is 69.0 cm³/mol. The monoisotopic (exact) mass is 277 g/mol. The van der Waals surface area contributed by atoms with Crippen LogP contribution in [0.4, 0.5) is 0 Å². The number of ketones is 2. The van der Waals surface area contributed by atoms with E-state index in [2.05, 4.69) is 6.58 Å². The van der Waals surface area contributed by atoms with Crippen LogP contribution in [-0.2, 0) is 19.2 Å². The number of allylic oxidation sites excluding steroid dienone is 3. The second-order valence-electron chi connectivity index (χ2n) is 4.57. The summed E-state index contributed by atoms with van der Waals surface area (Å²) in [5, 5.41) is 10.9. The van der Waals surface area contributed by atoms with Crippen LogP contribution in [0.1, 0.15) is 13.3 Å². The van der Waals surface area contributed by atoms with Crippen molar-refractivity contribution in [3.05, 3.63) is 36.1 Å². The first-order valence-corrected chi connectivity index (χ1v) is 6.15. The molecule has 0 saturated carbocycles. The molecule has 6 heteroatoms. The number of hydroxylamine groups is 2. The van der Waals surface area contributed by atoms with Gasteiger partial charge < -0.3 is 5.11 Å². The second-order valence-corrected chi connectivity index (χ2v) is 4.57. The lowest BCUT2D eigenvalue weighted by molar-refractivity contribution is -0.170. The molecule has 1 amide bonds. The average molecular weight is 277 g/mol. The summed E-state index contributed by atoms with van der Waals surface area (Å²) in [5.74, 6) is -2.19. The van der Waals surface area contributed by atoms with Gasteiger partial charge in [0.1, 0.15) is 11.8 Å². The van der Waals surface area contributed by atoms with E-state index < -0.39 is 29.0 Å². The highest BCUT2D eigenvalue weighted by Crippen LogP contribution is 2.46. The summed E-state index contributed by atoms with van der Waals surface area (Å²) in [6, 6.07) is 0. The number of carbonyl (C=O) groups excluding carboxylic acids is 3. The highest BCUT2D eigenvalue weighted by atomic mass is 16.7. The highest BCUT2D eigenvalue weighted by Gasteiger charge is 2.65. The van der Waals surface area contributed by atoms with Crippen LogP contribution in [0.5, 0.6) is 0 Å². The van der Waals surface area contributed by atoms with Gasteiger partial charge in [0, 0.05) is 0 Å². The van der Waals surface area contributed by atoms with Crippen LogP contribution >= 0.6 is 0 Å². The third-order valence-electron chi connectivity index (χ3n) is 3.56. The zero-order valence-corrected chi connectivity index (χ0v) is 11.3. The van der Waals surface area contributed by atoms with Crippen molar-refractivity contribution in [3.8, 4) is 0 Å². The van der Waals surface area contributed by atoms with Crippen LogP contribution in [0.15, 0.2) is 36.1 Å². The molecule has 0 aromatic heterocycles. The summed E-state index contributed by atoms with van der Waals surface area (Å²) in [7, 11) is 1.21. The molecule has 106 valence electrons. The van der Waals surface area contributed by atoms with Crippen molar-refractivity contribution < 1.29 is 24.3 Å². The van der Waals surface area contributed by atoms with Gasteiger partial charge in [-0.05, 0) is 18.1 Å². The van der Waals surface area contributed by atoms with Gasteiger partial charge >= 0.3 is 0 Å². The third-order valence-corrected chi connectivity index (χ3v) is 3.56. The van der Waals surface area contributed by atoms with Crippen molar-refractivity contribution in [1.82, 2.24) is 5.06 Å². The fourth-order valence-electron chi connectivity index (χ4n) is 2.60. The number of hydrogen-bond donors (Lipinski definition) is 1. The maximum atomic E-state index is 12.5. The van der Waals surface area contributed by atoms with Gasteiger partial charge in [0.15, 0.2) is 11.2 Å². The molecule has 2 aliphatic rings. The maximum Gasteiger partial charge on any atom is 0.272 e. The summed E-state index contributed by atoms with van der Waals surface area (Å²) in [4.78, 5) is 41.6. The van der Waals surface area contributed by atoms with Crippen molar-refractivity contribution >= 4 is 17.5 Å². The number of carbonyl (C=O) groups is 3. The normalized spacial score (nSPS) is 32.0. The zero-order valence-electron chi connectivity index (χ0n) is 11.3. The lowest BCUT2D eigenvalue weighted by Crippen LogP contribution is -2.52. The molecule has 0 bridgehead atoms. The molecular formula is C14H15NO5. The smallest absolute Gasteiger partial charge is 0.272 e. The largest absolute Gasteiger partial charge is 0.383 e. The van der Waals surface area contributed by atoms with Gasteiger partial charge in [0.2, 0.25) is 5.78 Å². The van der Waals surface area contributed by atoms with Crippen molar-refractivity contribution in [3.63, 3.8) is 0 Å². The molecule has 1 N–H and O–H groups in total. The summed E-state index contributed by atoms with van der Waals surface area (Å²) < 4.78 is 0. The second kappa shape index (κ2) is 4.81. The number of aliphatic hydroxyl groups is 1. The van der Waals surface area contributed by atoms with E-state index >= 15 is 0 Å². The Morgan fingerprint density at radius 1 is 1.45 bits per heavy atom. The molecule has 1 aliphatic heterocycles. The van der Waals surface area contributed by atoms with Crippen LogP contribution in [0.3, 0.4) is 0 Å². The molecule has 1 aliphatic carbocycles. The first kappa shape index (κ1) is 14.4. The van der Waals surface area contributed by atoms with E-state index in [1.807, 2.05) is 6.92 Å². The number of rotatable bonds is 2. The Morgan fingerprint density at radius 2 is 2.10 bits per heavy atom. The Bertz CT molecular complexity index is 574. The highest BCUT2D eigenvalue weighted by molar-refractivity contribution is 6.26. The first-order chi connectivity index (χ1) is 9.42. The minimum atomic E-state index is -1.96. The fraction of sp³-hybridized carbons (Fsp3) is 0.357. The summed E-state index contributed by atoms with van der Waals surface area (Å²) in [6.45, 7) is 5.32. The van der Waals surface area contributed by atoms with Crippen LogP contribution in [0.2, 0.25) is 0 Å². The van der Waals surface area contributed by atoms with Gasteiger partial charge in [-0.25, -0.2) is 0 Å².